The van der Waals surface area contributed by atoms with Crippen LogP contribution in [0.2, 0.25) is 5.02 Å². The van der Waals surface area contributed by atoms with Gasteiger partial charge in [-0.05, 0) is 38.3 Å². The summed E-state index contributed by atoms with van der Waals surface area (Å²) in [5.74, 6) is 0. The number of pyridine rings is 1. The second-order valence-corrected chi connectivity index (χ2v) is 5.07. The molecule has 0 saturated heterocycles. The normalized spacial score (nSPS) is 19.4. The standard InChI is InChI=1S/C11H15ClN2/c1-10(2,13)11(4-5-11)8-3-6-14-7-9(8)12/h3,6-7H,4-5,13H2,1-2H3. The molecule has 1 heterocycles. The van der Waals surface area contributed by atoms with Gasteiger partial charge in [0.05, 0.1) is 5.02 Å². The smallest absolute Gasteiger partial charge is 0.0627 e. The van der Waals surface area contributed by atoms with Crippen molar-refractivity contribution < 1.29 is 0 Å². The number of aromatic nitrogens is 1. The molecule has 0 atom stereocenters. The lowest BCUT2D eigenvalue weighted by molar-refractivity contribution is 0.391. The number of nitrogens with two attached hydrogens (primary N) is 1. The predicted molar refractivity (Wildman–Crippen MR) is 58.4 cm³/mol. The van der Waals surface area contributed by atoms with E-state index in [0.29, 0.717) is 0 Å². The van der Waals surface area contributed by atoms with Crippen LogP contribution in [0.15, 0.2) is 18.5 Å². The highest BCUT2D eigenvalue weighted by molar-refractivity contribution is 6.31. The monoisotopic (exact) mass is 210 g/mol. The van der Waals surface area contributed by atoms with Gasteiger partial charge in [-0.25, -0.2) is 0 Å². The topological polar surface area (TPSA) is 38.9 Å². The van der Waals surface area contributed by atoms with Crippen molar-refractivity contribution in [2.75, 3.05) is 0 Å². The molecule has 0 aliphatic heterocycles. The second-order valence-electron chi connectivity index (χ2n) is 4.66. The van der Waals surface area contributed by atoms with Gasteiger partial charge in [0.15, 0.2) is 0 Å². The maximum atomic E-state index is 6.20. The molecule has 3 heteroatoms. The van der Waals surface area contributed by atoms with Crippen molar-refractivity contribution in [3.63, 3.8) is 0 Å². The van der Waals surface area contributed by atoms with Crippen LogP contribution in [0.25, 0.3) is 0 Å². The molecule has 1 saturated carbocycles. The molecule has 2 rings (SSSR count). The highest BCUT2D eigenvalue weighted by Gasteiger charge is 2.54. The van der Waals surface area contributed by atoms with Crippen molar-refractivity contribution in [1.82, 2.24) is 4.98 Å². The molecule has 0 bridgehead atoms. The number of hydrogen-bond donors (Lipinski definition) is 1. The van der Waals surface area contributed by atoms with Crippen LogP contribution >= 0.6 is 11.6 Å². The molecule has 1 aliphatic rings. The first-order chi connectivity index (χ1) is 6.47. The fraction of sp³-hybridized carbons (Fsp3) is 0.545. The van der Waals surface area contributed by atoms with Gasteiger partial charge in [0.25, 0.3) is 0 Å². The van der Waals surface area contributed by atoms with Gasteiger partial charge in [0, 0.05) is 23.3 Å². The molecule has 0 unspecified atom stereocenters. The minimum atomic E-state index is -0.210. The average molecular weight is 211 g/mol. The van der Waals surface area contributed by atoms with E-state index in [2.05, 4.69) is 18.8 Å². The van der Waals surface area contributed by atoms with E-state index in [9.17, 15) is 0 Å². The Bertz CT molecular complexity index is 351. The van der Waals surface area contributed by atoms with Crippen LogP contribution in [0.3, 0.4) is 0 Å². The maximum absolute atomic E-state index is 6.20. The van der Waals surface area contributed by atoms with Crippen LogP contribution in [0, 0.1) is 0 Å². The van der Waals surface area contributed by atoms with Crippen LogP contribution in [0.4, 0.5) is 0 Å². The van der Waals surface area contributed by atoms with E-state index in [0.717, 1.165) is 23.4 Å². The van der Waals surface area contributed by atoms with Gasteiger partial charge in [0.1, 0.15) is 0 Å². The quantitative estimate of drug-likeness (QED) is 0.815. The summed E-state index contributed by atoms with van der Waals surface area (Å²) >= 11 is 6.14. The van der Waals surface area contributed by atoms with Gasteiger partial charge in [-0.15, -0.1) is 0 Å². The van der Waals surface area contributed by atoms with Gasteiger partial charge in [-0.2, -0.15) is 0 Å². The predicted octanol–water partition coefficient (Wildman–Crippen LogP) is 2.50. The first-order valence-corrected chi connectivity index (χ1v) is 5.24. The molecule has 1 aliphatic carbocycles. The molecule has 2 N–H and O–H groups in total. The molecule has 0 aromatic carbocycles. The van der Waals surface area contributed by atoms with E-state index in [1.807, 2.05) is 6.07 Å². The van der Waals surface area contributed by atoms with Gasteiger partial charge in [-0.3, -0.25) is 4.98 Å². The summed E-state index contributed by atoms with van der Waals surface area (Å²) in [6, 6.07) is 1.99. The lowest BCUT2D eigenvalue weighted by Gasteiger charge is -2.31. The zero-order valence-corrected chi connectivity index (χ0v) is 9.30. The highest BCUT2D eigenvalue weighted by Crippen LogP contribution is 2.56. The Morgan fingerprint density at radius 1 is 1.50 bits per heavy atom. The first-order valence-electron chi connectivity index (χ1n) is 4.86. The fourth-order valence-corrected chi connectivity index (χ4v) is 2.45. The highest BCUT2D eigenvalue weighted by atomic mass is 35.5. The Morgan fingerprint density at radius 2 is 2.14 bits per heavy atom. The number of hydrogen-bond acceptors (Lipinski definition) is 2. The van der Waals surface area contributed by atoms with E-state index in [4.69, 9.17) is 17.3 Å². The lowest BCUT2D eigenvalue weighted by atomic mass is 9.79. The summed E-state index contributed by atoms with van der Waals surface area (Å²) < 4.78 is 0. The molecule has 0 spiro atoms. The van der Waals surface area contributed by atoms with E-state index in [-0.39, 0.29) is 11.0 Å². The maximum Gasteiger partial charge on any atom is 0.0627 e. The Balaban J connectivity index is 2.46. The van der Waals surface area contributed by atoms with E-state index in [1.165, 1.54) is 0 Å². The molecular formula is C11H15ClN2. The number of rotatable bonds is 2. The summed E-state index contributed by atoms with van der Waals surface area (Å²) in [5, 5.41) is 0.739. The minimum Gasteiger partial charge on any atom is -0.325 e. The van der Waals surface area contributed by atoms with E-state index >= 15 is 0 Å². The van der Waals surface area contributed by atoms with Crippen molar-refractivity contribution >= 4 is 11.6 Å². The molecule has 1 aromatic heterocycles. The zero-order chi connectivity index (χ0) is 10.4. The summed E-state index contributed by atoms with van der Waals surface area (Å²) in [4.78, 5) is 4.00. The Labute approximate surface area is 89.5 Å². The summed E-state index contributed by atoms with van der Waals surface area (Å²) in [5.41, 5.74) is 7.22. The van der Waals surface area contributed by atoms with Crippen molar-refractivity contribution in [2.45, 2.75) is 37.6 Å². The third kappa shape index (κ3) is 1.33. The van der Waals surface area contributed by atoms with Crippen LogP contribution in [-0.2, 0) is 5.41 Å². The van der Waals surface area contributed by atoms with Crippen molar-refractivity contribution in [2.24, 2.45) is 5.73 Å². The van der Waals surface area contributed by atoms with Gasteiger partial charge in [0.2, 0.25) is 0 Å². The van der Waals surface area contributed by atoms with Crippen molar-refractivity contribution in [3.8, 4) is 0 Å². The van der Waals surface area contributed by atoms with Crippen LogP contribution < -0.4 is 5.73 Å². The number of halogens is 1. The molecule has 14 heavy (non-hydrogen) atoms. The summed E-state index contributed by atoms with van der Waals surface area (Å²) in [7, 11) is 0. The first kappa shape index (κ1) is 9.94. The van der Waals surface area contributed by atoms with Crippen LogP contribution in [-0.4, -0.2) is 10.5 Å². The summed E-state index contributed by atoms with van der Waals surface area (Å²) in [6.45, 7) is 4.13. The van der Waals surface area contributed by atoms with Crippen molar-refractivity contribution in [3.05, 3.63) is 29.0 Å². The third-order valence-corrected chi connectivity index (χ3v) is 3.57. The Hall–Kier alpha value is -0.600. The largest absolute Gasteiger partial charge is 0.325 e. The van der Waals surface area contributed by atoms with Gasteiger partial charge >= 0.3 is 0 Å². The number of nitrogens with zero attached hydrogens (tertiary/aromatic N) is 1. The SMILES string of the molecule is CC(C)(N)C1(c2ccncc2Cl)CC1. The molecule has 0 radical (unpaired) electrons. The Kier molecular flexibility index (Phi) is 2.09. The van der Waals surface area contributed by atoms with Gasteiger partial charge < -0.3 is 5.73 Å². The van der Waals surface area contributed by atoms with Crippen LogP contribution in [0.1, 0.15) is 32.3 Å². The molecule has 1 aromatic rings. The molecule has 0 amide bonds. The second kappa shape index (κ2) is 2.94. The van der Waals surface area contributed by atoms with E-state index < -0.39 is 0 Å². The van der Waals surface area contributed by atoms with E-state index in [1.54, 1.807) is 12.4 Å². The van der Waals surface area contributed by atoms with Gasteiger partial charge in [-0.1, -0.05) is 11.6 Å². The van der Waals surface area contributed by atoms with Crippen molar-refractivity contribution in [1.29, 1.82) is 0 Å². The lowest BCUT2D eigenvalue weighted by Crippen LogP contribution is -2.45. The third-order valence-electron chi connectivity index (χ3n) is 3.27. The molecule has 2 nitrogen and oxygen atoms in total. The Morgan fingerprint density at radius 3 is 2.57 bits per heavy atom. The zero-order valence-electron chi connectivity index (χ0n) is 8.55. The minimum absolute atomic E-state index is 0.0764. The summed E-state index contributed by atoms with van der Waals surface area (Å²) in [6.07, 6.45) is 5.73. The van der Waals surface area contributed by atoms with Crippen LogP contribution in [0.5, 0.6) is 0 Å². The molecular weight excluding hydrogens is 196 g/mol. The average Bonchev–Trinajstić information content (AvgIpc) is 2.84. The molecule has 76 valence electrons. The molecule has 1 fully saturated rings. The fourth-order valence-electron chi connectivity index (χ4n) is 2.15.